The highest BCUT2D eigenvalue weighted by Gasteiger charge is 2.26. The van der Waals surface area contributed by atoms with Crippen LogP contribution in [-0.4, -0.2) is 26.6 Å². The van der Waals surface area contributed by atoms with Gasteiger partial charge in [0, 0.05) is 17.8 Å². The minimum Gasteiger partial charge on any atom is -0.495 e. The van der Waals surface area contributed by atoms with Gasteiger partial charge in [-0.05, 0) is 42.7 Å². The third-order valence-corrected chi connectivity index (χ3v) is 5.79. The number of ether oxygens (including phenoxy) is 1. The molecule has 2 aromatic rings. The number of nitrogens with zero attached hydrogens (tertiary/aromatic N) is 1. The minimum atomic E-state index is -3.65. The maximum Gasteiger partial charge on any atom is 0.244 e. The molecule has 128 valence electrons. The monoisotopic (exact) mass is 347 g/mol. The van der Waals surface area contributed by atoms with Crippen molar-refractivity contribution in [3.8, 4) is 16.9 Å². The molecule has 1 aliphatic rings. The maximum atomic E-state index is 12.8. The van der Waals surface area contributed by atoms with Crippen LogP contribution in [-0.2, 0) is 10.0 Å². The van der Waals surface area contributed by atoms with E-state index in [9.17, 15) is 8.42 Å². The molecule has 1 aromatic carbocycles. The molecule has 0 unspecified atom stereocenters. The lowest BCUT2D eigenvalue weighted by atomic mass is 10.1. The van der Waals surface area contributed by atoms with Gasteiger partial charge in [-0.2, -0.15) is 0 Å². The van der Waals surface area contributed by atoms with Crippen molar-refractivity contribution >= 4 is 15.8 Å². The summed E-state index contributed by atoms with van der Waals surface area (Å²) in [4.78, 5) is 4.20. The average molecular weight is 347 g/mol. The largest absolute Gasteiger partial charge is 0.495 e. The van der Waals surface area contributed by atoms with Crippen molar-refractivity contribution < 1.29 is 13.2 Å². The fourth-order valence-electron chi connectivity index (χ4n) is 2.97. The van der Waals surface area contributed by atoms with E-state index in [-0.39, 0.29) is 10.9 Å². The zero-order valence-electron chi connectivity index (χ0n) is 13.5. The molecular weight excluding hydrogens is 326 g/mol. The summed E-state index contributed by atoms with van der Waals surface area (Å²) in [5.41, 5.74) is 7.14. The summed E-state index contributed by atoms with van der Waals surface area (Å²) >= 11 is 0. The molecule has 3 N–H and O–H groups in total. The molecule has 0 amide bonds. The number of nitrogen functional groups attached to an aromatic ring is 1. The predicted octanol–water partition coefficient (Wildman–Crippen LogP) is 2.56. The number of pyridine rings is 1. The van der Waals surface area contributed by atoms with E-state index in [0.717, 1.165) is 36.8 Å². The summed E-state index contributed by atoms with van der Waals surface area (Å²) in [6.45, 7) is 0. The molecule has 6 nitrogen and oxygen atoms in total. The molecule has 0 bridgehead atoms. The van der Waals surface area contributed by atoms with Gasteiger partial charge in [-0.25, -0.2) is 18.1 Å². The van der Waals surface area contributed by atoms with Crippen molar-refractivity contribution in [1.29, 1.82) is 0 Å². The first-order chi connectivity index (χ1) is 11.5. The lowest BCUT2D eigenvalue weighted by Crippen LogP contribution is -2.32. The van der Waals surface area contributed by atoms with Crippen LogP contribution in [0.4, 0.5) is 5.82 Å². The van der Waals surface area contributed by atoms with Gasteiger partial charge in [-0.3, -0.25) is 0 Å². The summed E-state index contributed by atoms with van der Waals surface area (Å²) in [6, 6.07) is 8.58. The van der Waals surface area contributed by atoms with Crippen molar-refractivity contribution in [1.82, 2.24) is 9.71 Å². The normalized spacial score (nSPS) is 15.5. The van der Waals surface area contributed by atoms with Crippen LogP contribution in [0.25, 0.3) is 11.1 Å². The molecule has 7 heteroatoms. The molecule has 0 saturated heterocycles. The van der Waals surface area contributed by atoms with Crippen molar-refractivity contribution in [3.05, 3.63) is 36.5 Å². The number of aromatic nitrogens is 1. The van der Waals surface area contributed by atoms with Gasteiger partial charge in [0.2, 0.25) is 10.0 Å². The summed E-state index contributed by atoms with van der Waals surface area (Å²) < 4.78 is 33.6. The fourth-order valence-corrected chi connectivity index (χ4v) is 4.47. The summed E-state index contributed by atoms with van der Waals surface area (Å²) in [7, 11) is -2.18. The van der Waals surface area contributed by atoms with Crippen molar-refractivity contribution in [2.75, 3.05) is 12.8 Å². The standard InChI is InChI=1S/C17H21N3O3S/c1-23-15-8-6-12(13-7-9-17(18)19-11-13)10-16(15)24(21,22)20-14-4-2-3-5-14/h6-11,14,20H,2-5H2,1H3,(H2,18,19). The molecular formula is C17H21N3O3S. The van der Waals surface area contributed by atoms with E-state index in [1.807, 2.05) is 6.07 Å². The molecule has 1 aromatic heterocycles. The second kappa shape index (κ2) is 6.78. The Kier molecular flexibility index (Phi) is 4.73. The molecule has 1 fully saturated rings. The molecule has 1 saturated carbocycles. The average Bonchev–Trinajstić information content (AvgIpc) is 3.07. The molecule has 0 atom stereocenters. The van der Waals surface area contributed by atoms with E-state index in [0.29, 0.717) is 11.6 Å². The lowest BCUT2D eigenvalue weighted by molar-refractivity contribution is 0.402. The Balaban J connectivity index is 1.98. The van der Waals surface area contributed by atoms with E-state index in [1.165, 1.54) is 7.11 Å². The summed E-state index contributed by atoms with van der Waals surface area (Å²) in [6.07, 6.45) is 5.49. The van der Waals surface area contributed by atoms with E-state index in [4.69, 9.17) is 10.5 Å². The fraction of sp³-hybridized carbons (Fsp3) is 0.353. The van der Waals surface area contributed by atoms with Crippen LogP contribution < -0.4 is 15.2 Å². The highest BCUT2D eigenvalue weighted by atomic mass is 32.2. The maximum absolute atomic E-state index is 12.8. The van der Waals surface area contributed by atoms with Gasteiger partial charge < -0.3 is 10.5 Å². The Morgan fingerprint density at radius 3 is 2.50 bits per heavy atom. The van der Waals surface area contributed by atoms with Crippen LogP contribution in [0.2, 0.25) is 0 Å². The van der Waals surface area contributed by atoms with Gasteiger partial charge in [-0.15, -0.1) is 0 Å². The third-order valence-electron chi connectivity index (χ3n) is 4.25. The topological polar surface area (TPSA) is 94.3 Å². The van der Waals surface area contributed by atoms with E-state index >= 15 is 0 Å². The van der Waals surface area contributed by atoms with Crippen LogP contribution in [0, 0.1) is 0 Å². The Morgan fingerprint density at radius 2 is 1.88 bits per heavy atom. The quantitative estimate of drug-likeness (QED) is 0.867. The zero-order valence-corrected chi connectivity index (χ0v) is 14.3. The summed E-state index contributed by atoms with van der Waals surface area (Å²) in [5, 5.41) is 0. The van der Waals surface area contributed by atoms with Crippen LogP contribution >= 0.6 is 0 Å². The van der Waals surface area contributed by atoms with Gasteiger partial charge in [-0.1, -0.05) is 18.9 Å². The van der Waals surface area contributed by atoms with Gasteiger partial charge in [0.05, 0.1) is 7.11 Å². The van der Waals surface area contributed by atoms with E-state index in [1.54, 1.807) is 30.5 Å². The number of nitrogens with one attached hydrogen (secondary N) is 1. The van der Waals surface area contributed by atoms with E-state index < -0.39 is 10.0 Å². The molecule has 0 aliphatic heterocycles. The Morgan fingerprint density at radius 1 is 1.17 bits per heavy atom. The highest BCUT2D eigenvalue weighted by Crippen LogP contribution is 2.31. The number of benzene rings is 1. The minimum absolute atomic E-state index is 0.00144. The Hall–Kier alpha value is -2.12. The number of hydrogen-bond acceptors (Lipinski definition) is 5. The van der Waals surface area contributed by atoms with Crippen LogP contribution in [0.1, 0.15) is 25.7 Å². The van der Waals surface area contributed by atoms with Crippen LogP contribution in [0.3, 0.4) is 0 Å². The Bertz CT molecular complexity index is 813. The van der Waals surface area contributed by atoms with Crippen molar-refractivity contribution in [2.45, 2.75) is 36.6 Å². The van der Waals surface area contributed by atoms with Crippen molar-refractivity contribution in [2.24, 2.45) is 0 Å². The number of hydrogen-bond donors (Lipinski definition) is 2. The van der Waals surface area contributed by atoms with E-state index in [2.05, 4.69) is 9.71 Å². The smallest absolute Gasteiger partial charge is 0.244 e. The first-order valence-electron chi connectivity index (χ1n) is 7.92. The number of sulfonamides is 1. The molecule has 1 heterocycles. The van der Waals surface area contributed by atoms with Gasteiger partial charge in [0.15, 0.2) is 0 Å². The number of rotatable bonds is 5. The first-order valence-corrected chi connectivity index (χ1v) is 9.40. The SMILES string of the molecule is COc1ccc(-c2ccc(N)nc2)cc1S(=O)(=O)NC1CCCC1. The third kappa shape index (κ3) is 3.52. The van der Waals surface area contributed by atoms with Gasteiger partial charge >= 0.3 is 0 Å². The van der Waals surface area contributed by atoms with Crippen LogP contribution in [0.5, 0.6) is 5.75 Å². The first kappa shape index (κ1) is 16.7. The Labute approximate surface area is 142 Å². The number of methoxy groups -OCH3 is 1. The van der Waals surface area contributed by atoms with Crippen molar-refractivity contribution in [3.63, 3.8) is 0 Å². The van der Waals surface area contributed by atoms with Gasteiger partial charge in [0.25, 0.3) is 0 Å². The zero-order chi connectivity index (χ0) is 17.2. The predicted molar refractivity (Wildman–Crippen MR) is 93.2 cm³/mol. The second-order valence-corrected chi connectivity index (χ2v) is 7.62. The molecule has 3 rings (SSSR count). The molecule has 24 heavy (non-hydrogen) atoms. The summed E-state index contributed by atoms with van der Waals surface area (Å²) in [5.74, 6) is 0.746. The molecule has 0 radical (unpaired) electrons. The molecule has 0 spiro atoms. The number of nitrogens with two attached hydrogens (primary N) is 1. The molecule has 1 aliphatic carbocycles. The second-order valence-electron chi connectivity index (χ2n) is 5.94. The van der Waals surface area contributed by atoms with Crippen LogP contribution in [0.15, 0.2) is 41.4 Å². The lowest BCUT2D eigenvalue weighted by Gasteiger charge is -2.16. The van der Waals surface area contributed by atoms with Gasteiger partial charge in [0.1, 0.15) is 16.5 Å². The highest BCUT2D eigenvalue weighted by molar-refractivity contribution is 7.89. The number of anilines is 1.